The van der Waals surface area contributed by atoms with Crippen LogP contribution >= 0.6 is 0 Å². The van der Waals surface area contributed by atoms with Gasteiger partial charge in [0.15, 0.2) is 11.6 Å². The number of nitrogens with one attached hydrogen (secondary N) is 2. The molecule has 0 unspecified atom stereocenters. The Morgan fingerprint density at radius 3 is 2.43 bits per heavy atom. The van der Waals surface area contributed by atoms with Gasteiger partial charge in [-0.1, -0.05) is 66.7 Å². The first-order valence-electron chi connectivity index (χ1n) is 12.0. The van der Waals surface area contributed by atoms with Crippen LogP contribution in [0.4, 0.5) is 4.39 Å². The van der Waals surface area contributed by atoms with Gasteiger partial charge < -0.3 is 15.4 Å². The number of amides is 2. The molecule has 0 spiro atoms. The number of ether oxygens (including phenoxy) is 1. The minimum atomic E-state index is -0.543. The van der Waals surface area contributed by atoms with Gasteiger partial charge in [0.1, 0.15) is 0 Å². The second-order valence-corrected chi connectivity index (χ2v) is 9.19. The quantitative estimate of drug-likeness (QED) is 0.439. The summed E-state index contributed by atoms with van der Waals surface area (Å²) in [5.74, 6) is -0.338. The van der Waals surface area contributed by atoms with Gasteiger partial charge in [-0.25, -0.2) is 4.39 Å². The van der Waals surface area contributed by atoms with E-state index in [1.807, 2.05) is 48.5 Å². The van der Waals surface area contributed by atoms with Crippen molar-refractivity contribution in [2.75, 3.05) is 7.11 Å². The fourth-order valence-electron chi connectivity index (χ4n) is 4.79. The largest absolute Gasteiger partial charge is 0.494 e. The third-order valence-corrected chi connectivity index (χ3v) is 6.64. The lowest BCUT2D eigenvalue weighted by Gasteiger charge is -2.30. The van der Waals surface area contributed by atoms with Crippen LogP contribution in [0, 0.1) is 5.82 Å². The molecule has 2 amide bonds. The molecule has 1 heterocycles. The molecule has 6 heteroatoms. The highest BCUT2D eigenvalue weighted by Gasteiger charge is 2.38. The Bertz CT molecular complexity index is 1150. The van der Waals surface area contributed by atoms with E-state index in [0.29, 0.717) is 32.1 Å². The molecule has 0 aromatic heterocycles. The Morgan fingerprint density at radius 2 is 1.77 bits per heavy atom. The summed E-state index contributed by atoms with van der Waals surface area (Å²) in [6, 6.07) is 24.6. The lowest BCUT2D eigenvalue weighted by atomic mass is 9.84. The van der Waals surface area contributed by atoms with Gasteiger partial charge in [-0.15, -0.1) is 0 Å². The average Bonchev–Trinajstić information content (AvgIpc) is 3.25. The first-order valence-corrected chi connectivity index (χ1v) is 12.0. The van der Waals surface area contributed by atoms with Gasteiger partial charge in [0.25, 0.3) is 0 Å². The molecule has 2 atom stereocenters. The van der Waals surface area contributed by atoms with Gasteiger partial charge in [0, 0.05) is 18.4 Å². The first-order chi connectivity index (χ1) is 17.0. The fourth-order valence-corrected chi connectivity index (χ4v) is 4.79. The Hall–Kier alpha value is -3.67. The Balaban J connectivity index is 1.45. The third kappa shape index (κ3) is 6.47. The van der Waals surface area contributed by atoms with E-state index >= 15 is 0 Å². The smallest absolute Gasteiger partial charge is 0.220 e. The molecular weight excluding hydrogens is 443 g/mol. The Kier molecular flexibility index (Phi) is 7.80. The average molecular weight is 475 g/mol. The Labute approximate surface area is 205 Å². The topological polar surface area (TPSA) is 67.4 Å². The summed E-state index contributed by atoms with van der Waals surface area (Å²) >= 11 is 0. The van der Waals surface area contributed by atoms with Crippen molar-refractivity contribution in [3.05, 3.63) is 101 Å². The summed E-state index contributed by atoms with van der Waals surface area (Å²) in [5.41, 5.74) is 2.51. The normalized spacial score (nSPS) is 18.1. The molecule has 3 aromatic rings. The van der Waals surface area contributed by atoms with Crippen LogP contribution in [-0.4, -0.2) is 24.5 Å². The van der Waals surface area contributed by atoms with Crippen LogP contribution in [0.3, 0.4) is 0 Å². The van der Waals surface area contributed by atoms with E-state index in [2.05, 4.69) is 22.8 Å². The van der Waals surface area contributed by atoms with Gasteiger partial charge in [-0.2, -0.15) is 0 Å². The van der Waals surface area contributed by atoms with E-state index in [4.69, 9.17) is 4.74 Å². The molecule has 4 rings (SSSR count). The molecule has 1 fully saturated rings. The van der Waals surface area contributed by atoms with Crippen LogP contribution in [0.25, 0.3) is 0 Å². The maximum Gasteiger partial charge on any atom is 0.220 e. The van der Waals surface area contributed by atoms with Gasteiger partial charge in [0.2, 0.25) is 11.8 Å². The predicted octanol–water partition coefficient (Wildman–Crippen LogP) is 4.91. The van der Waals surface area contributed by atoms with Gasteiger partial charge in [0.05, 0.1) is 13.2 Å². The highest BCUT2D eigenvalue weighted by Crippen LogP contribution is 2.31. The summed E-state index contributed by atoms with van der Waals surface area (Å²) in [7, 11) is 1.43. The zero-order chi connectivity index (χ0) is 24.7. The van der Waals surface area contributed by atoms with E-state index in [9.17, 15) is 14.0 Å². The standard InChI is InChI=1S/C29H31FN2O3/c1-35-26-19-22(12-13-24(26)30)20-29(17-15-28(34)32-29)16-14-27(33)31-25(23-10-6-3-7-11-23)18-21-8-4-2-5-9-21/h2-13,19,25H,14-18,20H2,1H3,(H,31,33)(H,32,34)/t25-,29+/m0/s1. The van der Waals surface area contributed by atoms with Crippen molar-refractivity contribution in [2.45, 2.75) is 50.1 Å². The highest BCUT2D eigenvalue weighted by molar-refractivity contribution is 5.80. The molecule has 2 N–H and O–H groups in total. The van der Waals surface area contributed by atoms with Crippen LogP contribution in [0.2, 0.25) is 0 Å². The number of hydrogen-bond acceptors (Lipinski definition) is 3. The van der Waals surface area contributed by atoms with Crippen molar-refractivity contribution in [1.82, 2.24) is 10.6 Å². The van der Waals surface area contributed by atoms with Gasteiger partial charge >= 0.3 is 0 Å². The lowest BCUT2D eigenvalue weighted by molar-refractivity contribution is -0.123. The molecule has 0 aliphatic carbocycles. The molecule has 35 heavy (non-hydrogen) atoms. The number of carbonyl (C=O) groups excluding carboxylic acids is 2. The Morgan fingerprint density at radius 1 is 1.06 bits per heavy atom. The first kappa shape index (κ1) is 24.5. The zero-order valence-corrected chi connectivity index (χ0v) is 19.9. The monoisotopic (exact) mass is 474 g/mol. The number of methoxy groups -OCH3 is 1. The summed E-state index contributed by atoms with van der Waals surface area (Å²) in [6.45, 7) is 0. The molecule has 1 aliphatic rings. The molecule has 0 bridgehead atoms. The number of halogens is 1. The van der Waals surface area contributed by atoms with E-state index in [-0.39, 0.29) is 30.0 Å². The van der Waals surface area contributed by atoms with Crippen molar-refractivity contribution in [1.29, 1.82) is 0 Å². The molecule has 5 nitrogen and oxygen atoms in total. The minimum Gasteiger partial charge on any atom is -0.494 e. The van der Waals surface area contributed by atoms with Crippen molar-refractivity contribution < 1.29 is 18.7 Å². The van der Waals surface area contributed by atoms with E-state index in [0.717, 1.165) is 16.7 Å². The predicted molar refractivity (Wildman–Crippen MR) is 133 cm³/mol. The van der Waals surface area contributed by atoms with Crippen molar-refractivity contribution in [2.24, 2.45) is 0 Å². The molecule has 0 saturated carbocycles. The van der Waals surface area contributed by atoms with E-state index < -0.39 is 11.4 Å². The number of rotatable bonds is 10. The minimum absolute atomic E-state index is 0.0225. The van der Waals surface area contributed by atoms with Crippen LogP contribution < -0.4 is 15.4 Å². The van der Waals surface area contributed by atoms with Crippen molar-refractivity contribution in [3.63, 3.8) is 0 Å². The molecule has 3 aromatic carbocycles. The van der Waals surface area contributed by atoms with Crippen LogP contribution in [0.15, 0.2) is 78.9 Å². The van der Waals surface area contributed by atoms with Crippen LogP contribution in [0.1, 0.15) is 48.4 Å². The zero-order valence-electron chi connectivity index (χ0n) is 19.9. The third-order valence-electron chi connectivity index (χ3n) is 6.64. The molecular formula is C29H31FN2O3. The van der Waals surface area contributed by atoms with Gasteiger partial charge in [-0.3, -0.25) is 9.59 Å². The second-order valence-electron chi connectivity index (χ2n) is 9.19. The summed E-state index contributed by atoms with van der Waals surface area (Å²) in [4.78, 5) is 25.2. The lowest BCUT2D eigenvalue weighted by Crippen LogP contribution is -2.44. The summed E-state index contributed by atoms with van der Waals surface area (Å²) < 4.78 is 19.0. The molecule has 1 aliphatic heterocycles. The van der Waals surface area contributed by atoms with E-state index in [1.54, 1.807) is 12.1 Å². The number of carbonyl (C=O) groups is 2. The number of benzene rings is 3. The molecule has 182 valence electrons. The SMILES string of the molecule is COc1cc(C[C@@]2(CCC(=O)N[C@@H](Cc3ccccc3)c3ccccc3)CCC(=O)N2)ccc1F. The fraction of sp³-hybridized carbons (Fsp3) is 0.310. The summed E-state index contributed by atoms with van der Waals surface area (Å²) in [5, 5.41) is 6.30. The summed E-state index contributed by atoms with van der Waals surface area (Å²) in [6.07, 6.45) is 3.02. The van der Waals surface area contributed by atoms with Crippen molar-refractivity contribution >= 4 is 11.8 Å². The number of hydrogen-bond donors (Lipinski definition) is 2. The van der Waals surface area contributed by atoms with Crippen LogP contribution in [0.5, 0.6) is 5.75 Å². The van der Waals surface area contributed by atoms with E-state index in [1.165, 1.54) is 13.2 Å². The maximum atomic E-state index is 13.9. The molecule has 1 saturated heterocycles. The van der Waals surface area contributed by atoms with Crippen LogP contribution in [-0.2, 0) is 22.4 Å². The van der Waals surface area contributed by atoms with Gasteiger partial charge in [-0.05, 0) is 54.5 Å². The van der Waals surface area contributed by atoms with Crippen molar-refractivity contribution in [3.8, 4) is 5.75 Å². The molecule has 0 radical (unpaired) electrons. The highest BCUT2D eigenvalue weighted by atomic mass is 19.1. The maximum absolute atomic E-state index is 13.9. The second kappa shape index (κ2) is 11.2.